The van der Waals surface area contributed by atoms with Gasteiger partial charge in [-0.3, -0.25) is 9.59 Å². The van der Waals surface area contributed by atoms with Gasteiger partial charge in [-0.15, -0.1) is 0 Å². The van der Waals surface area contributed by atoms with E-state index in [0.717, 1.165) is 42.4 Å². The first-order valence-corrected chi connectivity index (χ1v) is 10.9. The summed E-state index contributed by atoms with van der Waals surface area (Å²) in [6.45, 7) is 5.75. The van der Waals surface area contributed by atoms with Gasteiger partial charge in [0.2, 0.25) is 5.91 Å². The normalized spacial score (nSPS) is 14.8. The van der Waals surface area contributed by atoms with Gasteiger partial charge in [0.25, 0.3) is 5.91 Å². The molecule has 31 heavy (non-hydrogen) atoms. The van der Waals surface area contributed by atoms with Gasteiger partial charge in [-0.25, -0.2) is 4.39 Å². The number of nitrogens with zero attached hydrogens (tertiary/aromatic N) is 1. The zero-order valence-corrected chi connectivity index (χ0v) is 18.5. The van der Waals surface area contributed by atoms with Gasteiger partial charge in [0.1, 0.15) is 17.6 Å². The summed E-state index contributed by atoms with van der Waals surface area (Å²) in [5.41, 5.74) is 2.98. The van der Waals surface area contributed by atoms with Gasteiger partial charge >= 0.3 is 0 Å². The first kappa shape index (κ1) is 22.8. The number of ether oxygens (including phenoxy) is 1. The summed E-state index contributed by atoms with van der Waals surface area (Å²) < 4.78 is 19.0. The van der Waals surface area contributed by atoms with Crippen molar-refractivity contribution in [3.8, 4) is 5.75 Å². The quantitative estimate of drug-likeness (QED) is 0.685. The van der Waals surface area contributed by atoms with Crippen LogP contribution < -0.4 is 10.1 Å². The van der Waals surface area contributed by atoms with Crippen LogP contribution in [0.3, 0.4) is 0 Å². The van der Waals surface area contributed by atoms with E-state index in [-0.39, 0.29) is 36.8 Å². The molecule has 1 N–H and O–H groups in total. The lowest BCUT2D eigenvalue weighted by molar-refractivity contribution is -0.142. The van der Waals surface area contributed by atoms with Crippen LogP contribution in [-0.2, 0) is 16.1 Å². The summed E-state index contributed by atoms with van der Waals surface area (Å²) in [5, 5.41) is 3.06. The van der Waals surface area contributed by atoms with Gasteiger partial charge in [0.05, 0.1) is 0 Å². The maximum absolute atomic E-state index is 13.3. The molecule has 5 nitrogen and oxygen atoms in total. The molecule has 1 aliphatic rings. The monoisotopic (exact) mass is 426 g/mol. The molecule has 6 heteroatoms. The minimum absolute atomic E-state index is 0.171. The van der Waals surface area contributed by atoms with Crippen LogP contribution in [0.5, 0.6) is 5.75 Å². The lowest BCUT2D eigenvalue weighted by Gasteiger charge is -2.29. The van der Waals surface area contributed by atoms with Crippen molar-refractivity contribution in [3.63, 3.8) is 0 Å². The third kappa shape index (κ3) is 6.29. The Morgan fingerprint density at radius 2 is 1.77 bits per heavy atom. The van der Waals surface area contributed by atoms with Crippen molar-refractivity contribution in [2.24, 2.45) is 0 Å². The highest BCUT2D eigenvalue weighted by atomic mass is 19.1. The number of benzene rings is 2. The molecule has 1 atom stereocenters. The number of rotatable bonds is 8. The minimum Gasteiger partial charge on any atom is -0.484 e. The fourth-order valence-electron chi connectivity index (χ4n) is 3.79. The number of carbonyl (C=O) groups is 2. The highest BCUT2D eigenvalue weighted by molar-refractivity contribution is 5.88. The molecule has 1 unspecified atom stereocenters. The summed E-state index contributed by atoms with van der Waals surface area (Å²) in [7, 11) is 0. The summed E-state index contributed by atoms with van der Waals surface area (Å²) in [5.74, 6) is -0.196. The molecule has 3 rings (SSSR count). The summed E-state index contributed by atoms with van der Waals surface area (Å²) in [4.78, 5) is 27.4. The summed E-state index contributed by atoms with van der Waals surface area (Å²) >= 11 is 0. The van der Waals surface area contributed by atoms with E-state index in [0.29, 0.717) is 5.75 Å². The number of hydrogen-bond donors (Lipinski definition) is 1. The topological polar surface area (TPSA) is 58.6 Å². The Kier molecular flexibility index (Phi) is 7.66. The van der Waals surface area contributed by atoms with Crippen molar-refractivity contribution in [1.29, 1.82) is 0 Å². The second kappa shape index (κ2) is 10.4. The molecular formula is C25H31FN2O3. The summed E-state index contributed by atoms with van der Waals surface area (Å²) in [6.07, 6.45) is 4.17. The van der Waals surface area contributed by atoms with Crippen LogP contribution in [0.25, 0.3) is 0 Å². The van der Waals surface area contributed by atoms with Gasteiger partial charge < -0.3 is 15.0 Å². The number of hydrogen-bond acceptors (Lipinski definition) is 3. The number of halogens is 1. The average Bonchev–Trinajstić information content (AvgIpc) is 3.26. The van der Waals surface area contributed by atoms with Crippen LogP contribution in [0.1, 0.15) is 49.3 Å². The zero-order valence-electron chi connectivity index (χ0n) is 18.5. The molecule has 0 heterocycles. The van der Waals surface area contributed by atoms with Crippen molar-refractivity contribution < 1.29 is 18.7 Å². The van der Waals surface area contributed by atoms with Crippen molar-refractivity contribution in [2.45, 2.75) is 65.1 Å². The molecule has 0 spiro atoms. The van der Waals surface area contributed by atoms with E-state index in [1.165, 1.54) is 17.0 Å². The van der Waals surface area contributed by atoms with Crippen LogP contribution in [0.15, 0.2) is 42.5 Å². The molecule has 1 saturated carbocycles. The van der Waals surface area contributed by atoms with Gasteiger partial charge in [0, 0.05) is 12.6 Å². The standard InChI is InChI=1S/C25H31FN2O3/c1-17-8-13-23(14-18(17)2)31-16-24(29)28(15-20-9-11-21(26)12-10-20)19(3)25(30)27-22-6-4-5-7-22/h8-14,19,22H,4-7,15-16H2,1-3H3,(H,27,30). The molecule has 2 aromatic carbocycles. The highest BCUT2D eigenvalue weighted by Crippen LogP contribution is 2.19. The van der Waals surface area contributed by atoms with E-state index in [2.05, 4.69) is 5.32 Å². The maximum Gasteiger partial charge on any atom is 0.261 e. The van der Waals surface area contributed by atoms with Crippen molar-refractivity contribution in [3.05, 3.63) is 65.0 Å². The molecule has 0 saturated heterocycles. The molecule has 2 amide bonds. The second-order valence-corrected chi connectivity index (χ2v) is 8.35. The van der Waals surface area contributed by atoms with Crippen molar-refractivity contribution in [1.82, 2.24) is 10.2 Å². The fourth-order valence-corrected chi connectivity index (χ4v) is 3.79. The summed E-state index contributed by atoms with van der Waals surface area (Å²) in [6, 6.07) is 11.1. The Morgan fingerprint density at radius 3 is 2.42 bits per heavy atom. The molecule has 0 radical (unpaired) electrons. The minimum atomic E-state index is -0.665. The highest BCUT2D eigenvalue weighted by Gasteiger charge is 2.28. The first-order valence-electron chi connectivity index (χ1n) is 10.9. The van der Waals surface area contributed by atoms with E-state index in [1.54, 1.807) is 19.1 Å². The molecule has 0 bridgehead atoms. The van der Waals surface area contributed by atoms with E-state index < -0.39 is 6.04 Å². The molecular weight excluding hydrogens is 395 g/mol. The maximum atomic E-state index is 13.3. The largest absolute Gasteiger partial charge is 0.484 e. The number of carbonyl (C=O) groups excluding carboxylic acids is 2. The molecule has 166 valence electrons. The Hall–Kier alpha value is -2.89. The molecule has 0 aliphatic heterocycles. The van der Waals surface area contributed by atoms with E-state index in [1.807, 2.05) is 32.0 Å². The fraction of sp³-hybridized carbons (Fsp3) is 0.440. The van der Waals surface area contributed by atoms with Gasteiger partial charge in [-0.05, 0) is 74.6 Å². The lowest BCUT2D eigenvalue weighted by Crippen LogP contribution is -2.50. The van der Waals surface area contributed by atoms with Crippen LogP contribution in [0.4, 0.5) is 4.39 Å². The SMILES string of the molecule is Cc1ccc(OCC(=O)N(Cc2ccc(F)cc2)C(C)C(=O)NC2CCCC2)cc1C. The van der Waals surface area contributed by atoms with Gasteiger partial charge in [0.15, 0.2) is 6.61 Å². The third-order valence-corrected chi connectivity index (χ3v) is 5.98. The van der Waals surface area contributed by atoms with E-state index in [9.17, 15) is 14.0 Å². The Bertz CT molecular complexity index is 907. The molecule has 0 aromatic heterocycles. The lowest BCUT2D eigenvalue weighted by atomic mass is 10.1. The molecule has 1 aliphatic carbocycles. The number of aryl methyl sites for hydroxylation is 2. The van der Waals surface area contributed by atoms with E-state index in [4.69, 9.17) is 4.74 Å². The predicted octanol–water partition coefficient (Wildman–Crippen LogP) is 4.30. The zero-order chi connectivity index (χ0) is 22.4. The number of nitrogens with one attached hydrogen (secondary N) is 1. The van der Waals surface area contributed by atoms with Crippen LogP contribution in [0, 0.1) is 19.7 Å². The molecule has 1 fully saturated rings. The second-order valence-electron chi connectivity index (χ2n) is 8.35. The van der Waals surface area contributed by atoms with Crippen LogP contribution in [0.2, 0.25) is 0 Å². The van der Waals surface area contributed by atoms with Crippen LogP contribution in [-0.4, -0.2) is 35.4 Å². The smallest absolute Gasteiger partial charge is 0.261 e. The Labute approximate surface area is 183 Å². The van der Waals surface area contributed by atoms with Crippen LogP contribution >= 0.6 is 0 Å². The third-order valence-electron chi connectivity index (χ3n) is 5.98. The Balaban J connectivity index is 1.71. The van der Waals surface area contributed by atoms with Gasteiger partial charge in [-0.1, -0.05) is 31.0 Å². The average molecular weight is 427 g/mol. The van der Waals surface area contributed by atoms with Crippen molar-refractivity contribution >= 4 is 11.8 Å². The first-order chi connectivity index (χ1) is 14.8. The van der Waals surface area contributed by atoms with Crippen molar-refractivity contribution in [2.75, 3.05) is 6.61 Å². The molecule has 2 aromatic rings. The predicted molar refractivity (Wildman–Crippen MR) is 118 cm³/mol. The van der Waals surface area contributed by atoms with Gasteiger partial charge in [-0.2, -0.15) is 0 Å². The van der Waals surface area contributed by atoms with E-state index >= 15 is 0 Å². The Morgan fingerprint density at radius 1 is 1.10 bits per heavy atom. The number of amides is 2.